The standard InChI is InChI=1S/C21H30N4/c1-21(2,3)24-19-10-7-13-22-20(19)23-18-11-14-25(15-12-18)16-17-8-5-4-6-9-17/h4-10,13,18,24H,11-12,14-16H2,1-3H3,(H,22,23). The summed E-state index contributed by atoms with van der Waals surface area (Å²) in [5.74, 6) is 0.971. The number of nitrogens with zero attached hydrogens (tertiary/aromatic N) is 2. The summed E-state index contributed by atoms with van der Waals surface area (Å²) in [7, 11) is 0. The molecule has 0 unspecified atom stereocenters. The van der Waals surface area contributed by atoms with E-state index < -0.39 is 0 Å². The highest BCUT2D eigenvalue weighted by molar-refractivity contribution is 5.65. The minimum absolute atomic E-state index is 0.0263. The van der Waals surface area contributed by atoms with E-state index in [9.17, 15) is 0 Å². The Morgan fingerprint density at radius 1 is 1.04 bits per heavy atom. The first-order chi connectivity index (χ1) is 12.0. The van der Waals surface area contributed by atoms with Crippen molar-refractivity contribution in [3.8, 4) is 0 Å². The zero-order valence-electron chi connectivity index (χ0n) is 15.6. The zero-order chi connectivity index (χ0) is 17.7. The van der Waals surface area contributed by atoms with E-state index in [-0.39, 0.29) is 5.54 Å². The van der Waals surface area contributed by atoms with Gasteiger partial charge in [-0.05, 0) is 51.3 Å². The predicted molar refractivity (Wildman–Crippen MR) is 106 cm³/mol. The molecule has 1 fully saturated rings. The van der Waals surface area contributed by atoms with Gasteiger partial charge in [0, 0.05) is 37.4 Å². The summed E-state index contributed by atoms with van der Waals surface area (Å²) in [6.07, 6.45) is 4.16. The largest absolute Gasteiger partial charge is 0.377 e. The van der Waals surface area contributed by atoms with Gasteiger partial charge in [-0.15, -0.1) is 0 Å². The van der Waals surface area contributed by atoms with Crippen molar-refractivity contribution in [3.05, 3.63) is 54.2 Å². The van der Waals surface area contributed by atoms with Gasteiger partial charge < -0.3 is 10.6 Å². The van der Waals surface area contributed by atoms with E-state index in [1.807, 2.05) is 12.3 Å². The molecular formula is C21H30N4. The lowest BCUT2D eigenvalue weighted by atomic mass is 10.0. The summed E-state index contributed by atoms with van der Waals surface area (Å²) in [5.41, 5.74) is 2.51. The van der Waals surface area contributed by atoms with E-state index in [4.69, 9.17) is 0 Å². The number of benzene rings is 1. The number of nitrogens with one attached hydrogen (secondary N) is 2. The van der Waals surface area contributed by atoms with Crippen LogP contribution < -0.4 is 10.6 Å². The summed E-state index contributed by atoms with van der Waals surface area (Å²) in [4.78, 5) is 7.10. The molecule has 0 saturated carbocycles. The van der Waals surface area contributed by atoms with Crippen LogP contribution in [0.2, 0.25) is 0 Å². The second-order valence-corrected chi connectivity index (χ2v) is 7.95. The van der Waals surface area contributed by atoms with Gasteiger partial charge in [-0.1, -0.05) is 30.3 Å². The normalized spacial score (nSPS) is 16.6. The molecule has 4 heteroatoms. The maximum absolute atomic E-state index is 4.56. The van der Waals surface area contributed by atoms with Crippen molar-refractivity contribution in [3.63, 3.8) is 0 Å². The molecule has 0 amide bonds. The molecule has 1 aliphatic heterocycles. The Bertz CT molecular complexity index is 655. The van der Waals surface area contributed by atoms with Crippen LogP contribution in [0.1, 0.15) is 39.2 Å². The van der Waals surface area contributed by atoms with Crippen molar-refractivity contribution in [1.29, 1.82) is 0 Å². The van der Waals surface area contributed by atoms with Gasteiger partial charge in [-0.25, -0.2) is 4.98 Å². The minimum Gasteiger partial charge on any atom is -0.377 e. The molecule has 0 atom stereocenters. The van der Waals surface area contributed by atoms with E-state index in [0.29, 0.717) is 6.04 Å². The van der Waals surface area contributed by atoms with E-state index in [1.54, 1.807) is 0 Å². The van der Waals surface area contributed by atoms with Gasteiger partial charge in [0.1, 0.15) is 5.82 Å². The lowest BCUT2D eigenvalue weighted by Gasteiger charge is -2.33. The fourth-order valence-corrected chi connectivity index (χ4v) is 3.30. The average molecular weight is 338 g/mol. The van der Waals surface area contributed by atoms with Crippen molar-refractivity contribution in [1.82, 2.24) is 9.88 Å². The van der Waals surface area contributed by atoms with Gasteiger partial charge >= 0.3 is 0 Å². The fourth-order valence-electron chi connectivity index (χ4n) is 3.30. The molecule has 1 aromatic carbocycles. The van der Waals surface area contributed by atoms with Crippen molar-refractivity contribution in [2.75, 3.05) is 23.7 Å². The monoisotopic (exact) mass is 338 g/mol. The van der Waals surface area contributed by atoms with Crippen LogP contribution in [-0.4, -0.2) is 34.6 Å². The molecule has 0 spiro atoms. The van der Waals surface area contributed by atoms with Crippen LogP contribution in [0.25, 0.3) is 0 Å². The molecule has 1 aliphatic rings. The maximum atomic E-state index is 4.56. The van der Waals surface area contributed by atoms with E-state index in [1.165, 1.54) is 5.56 Å². The zero-order valence-corrected chi connectivity index (χ0v) is 15.6. The maximum Gasteiger partial charge on any atom is 0.149 e. The van der Waals surface area contributed by atoms with Crippen LogP contribution in [-0.2, 0) is 6.54 Å². The number of anilines is 2. The second kappa shape index (κ2) is 7.87. The first-order valence-corrected chi connectivity index (χ1v) is 9.26. The Labute approximate surface area is 151 Å². The lowest BCUT2D eigenvalue weighted by Crippen LogP contribution is -2.39. The molecule has 3 rings (SSSR count). The third kappa shape index (κ3) is 5.46. The number of hydrogen-bond donors (Lipinski definition) is 2. The van der Waals surface area contributed by atoms with Gasteiger partial charge in [0.2, 0.25) is 0 Å². The molecule has 1 saturated heterocycles. The van der Waals surface area contributed by atoms with Crippen LogP contribution >= 0.6 is 0 Å². The highest BCUT2D eigenvalue weighted by Gasteiger charge is 2.21. The average Bonchev–Trinajstić information content (AvgIpc) is 2.58. The van der Waals surface area contributed by atoms with Gasteiger partial charge in [0.15, 0.2) is 0 Å². The van der Waals surface area contributed by atoms with Gasteiger partial charge in [-0.3, -0.25) is 4.90 Å². The molecule has 25 heavy (non-hydrogen) atoms. The Morgan fingerprint density at radius 2 is 1.76 bits per heavy atom. The molecule has 0 aliphatic carbocycles. The van der Waals surface area contributed by atoms with Crippen LogP contribution in [0.5, 0.6) is 0 Å². The van der Waals surface area contributed by atoms with Crippen LogP contribution in [0.15, 0.2) is 48.7 Å². The quantitative estimate of drug-likeness (QED) is 0.849. The predicted octanol–water partition coefficient (Wildman–Crippen LogP) is 4.37. The molecule has 0 bridgehead atoms. The highest BCUT2D eigenvalue weighted by atomic mass is 15.2. The number of likely N-dealkylation sites (tertiary alicyclic amines) is 1. The summed E-state index contributed by atoms with van der Waals surface area (Å²) >= 11 is 0. The van der Waals surface area contributed by atoms with Gasteiger partial charge in [0.05, 0.1) is 5.69 Å². The fraction of sp³-hybridized carbons (Fsp3) is 0.476. The Hall–Kier alpha value is -2.07. The molecule has 134 valence electrons. The van der Waals surface area contributed by atoms with Crippen LogP contribution in [0.4, 0.5) is 11.5 Å². The SMILES string of the molecule is CC(C)(C)Nc1cccnc1NC1CCN(Cc2ccccc2)CC1. The third-order valence-electron chi connectivity index (χ3n) is 4.49. The van der Waals surface area contributed by atoms with Crippen LogP contribution in [0.3, 0.4) is 0 Å². The number of aromatic nitrogens is 1. The summed E-state index contributed by atoms with van der Waals surface area (Å²) in [6, 6.07) is 15.3. The van der Waals surface area contributed by atoms with Crippen molar-refractivity contribution >= 4 is 11.5 Å². The highest BCUT2D eigenvalue weighted by Crippen LogP contribution is 2.25. The second-order valence-electron chi connectivity index (χ2n) is 7.95. The number of rotatable bonds is 5. The van der Waals surface area contributed by atoms with Gasteiger partial charge in [0.25, 0.3) is 0 Å². The first-order valence-electron chi connectivity index (χ1n) is 9.26. The smallest absolute Gasteiger partial charge is 0.149 e. The minimum atomic E-state index is 0.0263. The lowest BCUT2D eigenvalue weighted by molar-refractivity contribution is 0.211. The topological polar surface area (TPSA) is 40.2 Å². The third-order valence-corrected chi connectivity index (χ3v) is 4.49. The molecule has 2 heterocycles. The molecular weight excluding hydrogens is 308 g/mol. The molecule has 4 nitrogen and oxygen atoms in total. The van der Waals surface area contributed by atoms with E-state index >= 15 is 0 Å². The molecule has 1 aromatic heterocycles. The van der Waals surface area contributed by atoms with E-state index in [0.717, 1.165) is 44.0 Å². The van der Waals surface area contributed by atoms with E-state index in [2.05, 4.69) is 77.7 Å². The Balaban J connectivity index is 1.54. The van der Waals surface area contributed by atoms with Crippen molar-refractivity contribution in [2.24, 2.45) is 0 Å². The van der Waals surface area contributed by atoms with Crippen LogP contribution in [0, 0.1) is 0 Å². The van der Waals surface area contributed by atoms with Crippen molar-refractivity contribution in [2.45, 2.75) is 51.7 Å². The molecule has 2 aromatic rings. The number of hydrogen-bond acceptors (Lipinski definition) is 4. The molecule has 0 radical (unpaired) electrons. The summed E-state index contributed by atoms with van der Waals surface area (Å²) in [5, 5.41) is 7.20. The van der Waals surface area contributed by atoms with Gasteiger partial charge in [-0.2, -0.15) is 0 Å². The number of piperidine rings is 1. The van der Waals surface area contributed by atoms with Crippen molar-refractivity contribution < 1.29 is 0 Å². The Morgan fingerprint density at radius 3 is 2.44 bits per heavy atom. The number of pyridine rings is 1. The summed E-state index contributed by atoms with van der Waals surface area (Å²) in [6.45, 7) is 9.82. The Kier molecular flexibility index (Phi) is 5.59. The summed E-state index contributed by atoms with van der Waals surface area (Å²) < 4.78 is 0. The molecule has 2 N–H and O–H groups in total. The first kappa shape index (κ1) is 17.7.